The van der Waals surface area contributed by atoms with Gasteiger partial charge < -0.3 is 19.0 Å². The number of carboxylic acid groups (broad SMARTS) is 1. The number of aromatic carboxylic acids is 1. The molecule has 1 N–H and O–H groups in total. The van der Waals surface area contributed by atoms with Crippen LogP contribution in [0.2, 0.25) is 18.1 Å². The van der Waals surface area contributed by atoms with E-state index in [1.807, 2.05) is 20.8 Å². The minimum Gasteiger partial charge on any atom is -0.477 e. The summed E-state index contributed by atoms with van der Waals surface area (Å²) in [6.45, 7) is 17.1. The zero-order valence-corrected chi connectivity index (χ0v) is 22.8. The lowest BCUT2D eigenvalue weighted by molar-refractivity contribution is -0.384. The summed E-state index contributed by atoms with van der Waals surface area (Å²) in [5.74, 6) is -1.38. The van der Waals surface area contributed by atoms with Gasteiger partial charge in [-0.1, -0.05) is 41.5 Å². The van der Waals surface area contributed by atoms with Crippen LogP contribution in [0.3, 0.4) is 0 Å². The van der Waals surface area contributed by atoms with Crippen molar-refractivity contribution in [3.63, 3.8) is 0 Å². The van der Waals surface area contributed by atoms with E-state index in [1.165, 1.54) is 12.3 Å². The number of aromatic nitrogens is 1. The van der Waals surface area contributed by atoms with Gasteiger partial charge in [0.05, 0.1) is 28.5 Å². The Bertz CT molecular complexity index is 1170. The highest BCUT2D eigenvalue weighted by Gasteiger charge is 2.39. The molecule has 0 aliphatic heterocycles. The monoisotopic (exact) mass is 491 g/mol. The predicted octanol–water partition coefficient (Wildman–Crippen LogP) is 5.28. The summed E-state index contributed by atoms with van der Waals surface area (Å²) in [6, 6.07) is 2.44. The molecule has 2 rings (SSSR count). The van der Waals surface area contributed by atoms with Gasteiger partial charge >= 0.3 is 5.97 Å². The Morgan fingerprint density at radius 3 is 2.18 bits per heavy atom. The summed E-state index contributed by atoms with van der Waals surface area (Å²) in [5, 5.41) is 21.4. The highest BCUT2D eigenvalue weighted by Crippen LogP contribution is 2.40. The van der Waals surface area contributed by atoms with Gasteiger partial charge in [-0.25, -0.2) is 4.79 Å². The van der Waals surface area contributed by atoms with Crippen LogP contribution in [0.25, 0.3) is 10.9 Å². The Labute approximate surface area is 201 Å². The number of anilines is 1. The maximum Gasteiger partial charge on any atom is 0.341 e. The molecule has 0 saturated heterocycles. The van der Waals surface area contributed by atoms with Crippen LogP contribution < -0.4 is 10.3 Å². The van der Waals surface area contributed by atoms with Crippen LogP contribution in [0.5, 0.6) is 0 Å². The molecule has 34 heavy (non-hydrogen) atoms. The lowest BCUT2D eigenvalue weighted by atomic mass is 9.86. The molecule has 188 valence electrons. The number of carbonyl (C=O) groups is 1. The first-order valence-corrected chi connectivity index (χ1v) is 14.1. The molecule has 1 atom stereocenters. The van der Waals surface area contributed by atoms with Crippen molar-refractivity contribution < 1.29 is 19.3 Å². The first-order chi connectivity index (χ1) is 15.3. The second kappa shape index (κ2) is 9.14. The fourth-order valence-corrected chi connectivity index (χ4v) is 4.55. The molecular formula is C24H37N3O6Si. The molecule has 0 fully saturated rings. The minimum atomic E-state index is -2.13. The van der Waals surface area contributed by atoms with Crippen molar-refractivity contribution in [2.45, 2.75) is 65.7 Å². The fraction of sp³-hybridized carbons (Fsp3) is 0.583. The van der Waals surface area contributed by atoms with Gasteiger partial charge in [0.2, 0.25) is 5.43 Å². The third kappa shape index (κ3) is 5.33. The topological polar surface area (TPSA) is 115 Å². The van der Waals surface area contributed by atoms with Crippen LogP contribution in [0.4, 0.5) is 11.4 Å². The number of carboxylic acids is 1. The summed E-state index contributed by atoms with van der Waals surface area (Å²) < 4.78 is 8.28. The maximum atomic E-state index is 13.0. The van der Waals surface area contributed by atoms with Crippen molar-refractivity contribution in [3.05, 3.63) is 44.2 Å². The van der Waals surface area contributed by atoms with Gasteiger partial charge in [0.15, 0.2) is 8.32 Å². The van der Waals surface area contributed by atoms with Gasteiger partial charge in [-0.3, -0.25) is 14.9 Å². The van der Waals surface area contributed by atoms with Crippen LogP contribution in [0.15, 0.2) is 23.1 Å². The molecule has 0 saturated carbocycles. The van der Waals surface area contributed by atoms with Gasteiger partial charge in [0.25, 0.3) is 5.69 Å². The molecule has 0 radical (unpaired) electrons. The lowest BCUT2D eigenvalue weighted by Gasteiger charge is -2.40. The molecule has 1 aromatic heterocycles. The average molecular weight is 492 g/mol. The summed E-state index contributed by atoms with van der Waals surface area (Å²) >= 11 is 0. The van der Waals surface area contributed by atoms with E-state index < -0.39 is 30.2 Å². The van der Waals surface area contributed by atoms with Gasteiger partial charge in [-0.2, -0.15) is 0 Å². The highest BCUT2D eigenvalue weighted by atomic mass is 28.4. The number of pyridine rings is 1. The largest absolute Gasteiger partial charge is 0.477 e. The molecule has 0 aliphatic rings. The van der Waals surface area contributed by atoms with Crippen LogP contribution in [-0.4, -0.2) is 49.6 Å². The Hall–Kier alpha value is -2.72. The first-order valence-electron chi connectivity index (χ1n) is 11.2. The van der Waals surface area contributed by atoms with Crippen molar-refractivity contribution in [3.8, 4) is 0 Å². The molecule has 0 aliphatic carbocycles. The Morgan fingerprint density at radius 2 is 1.76 bits per heavy atom. The van der Waals surface area contributed by atoms with Crippen molar-refractivity contribution >= 4 is 36.6 Å². The third-order valence-corrected chi connectivity index (χ3v) is 11.3. The third-order valence-electron chi connectivity index (χ3n) is 6.78. The van der Waals surface area contributed by atoms with Crippen LogP contribution in [-0.2, 0) is 4.43 Å². The van der Waals surface area contributed by atoms with E-state index in [9.17, 15) is 24.8 Å². The zero-order chi connectivity index (χ0) is 26.4. The number of nitrogens with zero attached hydrogens (tertiary/aromatic N) is 3. The smallest absolute Gasteiger partial charge is 0.341 e. The van der Waals surface area contributed by atoms with Gasteiger partial charge in [-0.15, -0.1) is 0 Å². The minimum absolute atomic E-state index is 0.00113. The fourth-order valence-electron chi connectivity index (χ4n) is 3.54. The van der Waals surface area contributed by atoms with E-state index >= 15 is 0 Å². The molecule has 9 nitrogen and oxygen atoms in total. The summed E-state index contributed by atoms with van der Waals surface area (Å²) in [6.07, 6.45) is 1.35. The number of benzene rings is 1. The molecule has 0 bridgehead atoms. The number of nitro groups is 1. The molecular weight excluding hydrogens is 454 g/mol. The second-order valence-electron chi connectivity index (χ2n) is 11.5. The van der Waals surface area contributed by atoms with E-state index in [2.05, 4.69) is 33.9 Å². The Morgan fingerprint density at radius 1 is 1.21 bits per heavy atom. The number of fused-ring (bicyclic) bond motifs is 1. The van der Waals surface area contributed by atoms with Crippen LogP contribution in [0, 0.1) is 15.5 Å². The molecule has 0 spiro atoms. The lowest BCUT2D eigenvalue weighted by Crippen LogP contribution is -2.43. The van der Waals surface area contributed by atoms with E-state index in [-0.39, 0.29) is 27.6 Å². The maximum absolute atomic E-state index is 13.0. The molecule has 2 aromatic rings. The standard InChI is InChI=1S/C24H37N3O6Si/c1-23(2,3)20(14-33-34(9,10)24(4,5)6)26-13-16(22(29)30)21(28)15-11-19(27(31)32)18(25(7)8)12-17(15)26/h11-13,20H,14H2,1-10H3,(H,29,30). The van der Waals surface area contributed by atoms with E-state index in [0.717, 1.165) is 0 Å². The quantitative estimate of drug-likeness (QED) is 0.318. The van der Waals surface area contributed by atoms with Crippen molar-refractivity contribution in [2.75, 3.05) is 25.6 Å². The summed E-state index contributed by atoms with van der Waals surface area (Å²) in [4.78, 5) is 37.8. The highest BCUT2D eigenvalue weighted by molar-refractivity contribution is 6.74. The van der Waals surface area contributed by atoms with Crippen LogP contribution >= 0.6 is 0 Å². The number of nitro benzene ring substituents is 1. The van der Waals surface area contributed by atoms with Crippen LogP contribution in [0.1, 0.15) is 57.9 Å². The van der Waals surface area contributed by atoms with E-state index in [1.54, 1.807) is 29.6 Å². The summed E-state index contributed by atoms with van der Waals surface area (Å²) in [7, 11) is 1.23. The van der Waals surface area contributed by atoms with E-state index in [4.69, 9.17) is 4.43 Å². The van der Waals surface area contributed by atoms with Crippen molar-refractivity contribution in [1.29, 1.82) is 0 Å². The Kier molecular flexibility index (Phi) is 7.40. The number of hydrogen-bond acceptors (Lipinski definition) is 6. The number of hydrogen-bond donors (Lipinski definition) is 1. The van der Waals surface area contributed by atoms with Crippen molar-refractivity contribution in [1.82, 2.24) is 4.57 Å². The average Bonchev–Trinajstić information content (AvgIpc) is 2.66. The SMILES string of the molecule is CN(C)c1cc2c(cc1[N+](=O)[O-])c(=O)c(C(=O)O)cn2C(CO[Si](C)(C)C(C)(C)C)C(C)(C)C. The Balaban J connectivity index is 2.92. The van der Waals surface area contributed by atoms with Gasteiger partial charge in [0.1, 0.15) is 11.3 Å². The van der Waals surface area contributed by atoms with E-state index in [0.29, 0.717) is 17.8 Å². The molecule has 0 amide bonds. The molecule has 1 unspecified atom stereocenters. The molecule has 1 heterocycles. The summed E-state index contributed by atoms with van der Waals surface area (Å²) in [5.41, 5.74) is -1.05. The van der Waals surface area contributed by atoms with Gasteiger partial charge in [-0.05, 0) is 29.6 Å². The van der Waals surface area contributed by atoms with Gasteiger partial charge in [0, 0.05) is 26.4 Å². The number of rotatable bonds is 7. The molecule has 10 heteroatoms. The zero-order valence-electron chi connectivity index (χ0n) is 21.8. The molecule has 1 aromatic carbocycles. The normalized spacial score (nSPS) is 13.7. The first kappa shape index (κ1) is 27.5. The second-order valence-corrected chi connectivity index (χ2v) is 16.4. The predicted molar refractivity (Wildman–Crippen MR) is 138 cm³/mol. The van der Waals surface area contributed by atoms with Crippen molar-refractivity contribution in [2.24, 2.45) is 5.41 Å².